The standard InChI is InChI=1S/C14H9ClN2O2/c15-10-3-6-12-13(7-10)17(14(19)16-12)11-4-1-9(8-18)2-5-11/h1-8H,(H,16,19). The number of fused-ring (bicyclic) bond motifs is 1. The summed E-state index contributed by atoms with van der Waals surface area (Å²) in [5, 5.41) is 0.560. The van der Waals surface area contributed by atoms with E-state index in [1.165, 1.54) is 4.57 Å². The first kappa shape index (κ1) is 11.7. The Labute approximate surface area is 113 Å². The topological polar surface area (TPSA) is 54.9 Å². The Bertz CT molecular complexity index is 816. The number of aromatic nitrogens is 2. The van der Waals surface area contributed by atoms with Crippen LogP contribution >= 0.6 is 11.6 Å². The molecular formula is C14H9ClN2O2. The lowest BCUT2D eigenvalue weighted by atomic mass is 10.2. The van der Waals surface area contributed by atoms with Crippen molar-refractivity contribution in [2.75, 3.05) is 0 Å². The average molecular weight is 273 g/mol. The van der Waals surface area contributed by atoms with Crippen LogP contribution in [0.1, 0.15) is 10.4 Å². The van der Waals surface area contributed by atoms with E-state index in [4.69, 9.17) is 11.6 Å². The second kappa shape index (κ2) is 4.40. The second-order valence-corrected chi connectivity index (χ2v) is 4.57. The zero-order valence-electron chi connectivity index (χ0n) is 9.76. The zero-order valence-corrected chi connectivity index (χ0v) is 10.5. The smallest absolute Gasteiger partial charge is 0.305 e. The van der Waals surface area contributed by atoms with Gasteiger partial charge in [-0.1, -0.05) is 11.6 Å². The van der Waals surface area contributed by atoms with Gasteiger partial charge in [0.15, 0.2) is 0 Å². The third-order valence-corrected chi connectivity index (χ3v) is 3.17. The third-order valence-electron chi connectivity index (χ3n) is 2.93. The van der Waals surface area contributed by atoms with Crippen LogP contribution in [-0.2, 0) is 0 Å². The van der Waals surface area contributed by atoms with Crippen molar-refractivity contribution in [3.63, 3.8) is 0 Å². The van der Waals surface area contributed by atoms with E-state index in [0.717, 1.165) is 6.29 Å². The maximum absolute atomic E-state index is 12.0. The number of imidazole rings is 1. The number of rotatable bonds is 2. The number of H-pyrrole nitrogens is 1. The second-order valence-electron chi connectivity index (χ2n) is 4.14. The summed E-state index contributed by atoms with van der Waals surface area (Å²) in [6.45, 7) is 0. The van der Waals surface area contributed by atoms with Gasteiger partial charge in [-0.15, -0.1) is 0 Å². The van der Waals surface area contributed by atoms with Gasteiger partial charge in [0.1, 0.15) is 6.29 Å². The molecule has 0 radical (unpaired) electrons. The van der Waals surface area contributed by atoms with E-state index in [1.54, 1.807) is 42.5 Å². The molecule has 0 spiro atoms. The van der Waals surface area contributed by atoms with Gasteiger partial charge >= 0.3 is 5.69 Å². The van der Waals surface area contributed by atoms with E-state index >= 15 is 0 Å². The molecule has 3 aromatic rings. The number of benzene rings is 2. The maximum Gasteiger partial charge on any atom is 0.331 e. The van der Waals surface area contributed by atoms with Crippen LogP contribution in [0.25, 0.3) is 16.7 Å². The molecule has 4 nitrogen and oxygen atoms in total. The van der Waals surface area contributed by atoms with Crippen molar-refractivity contribution in [1.29, 1.82) is 0 Å². The van der Waals surface area contributed by atoms with Gasteiger partial charge in [-0.3, -0.25) is 9.36 Å². The summed E-state index contributed by atoms with van der Waals surface area (Å²) >= 11 is 5.96. The van der Waals surface area contributed by atoms with Gasteiger partial charge in [0, 0.05) is 10.6 Å². The molecule has 1 N–H and O–H groups in total. The Balaban J connectivity index is 2.28. The van der Waals surface area contributed by atoms with E-state index in [-0.39, 0.29) is 5.69 Å². The maximum atomic E-state index is 12.0. The zero-order chi connectivity index (χ0) is 13.4. The molecule has 0 saturated heterocycles. The minimum absolute atomic E-state index is 0.240. The number of halogens is 1. The van der Waals surface area contributed by atoms with Crippen LogP contribution in [0, 0.1) is 0 Å². The van der Waals surface area contributed by atoms with E-state index in [1.807, 2.05) is 0 Å². The number of carbonyl (C=O) groups excluding carboxylic acids is 1. The molecule has 0 aliphatic heterocycles. The number of hydrogen-bond acceptors (Lipinski definition) is 2. The Kier molecular flexibility index (Phi) is 2.72. The van der Waals surface area contributed by atoms with Gasteiger partial charge in [0.2, 0.25) is 0 Å². The summed E-state index contributed by atoms with van der Waals surface area (Å²) in [7, 11) is 0. The molecule has 0 saturated carbocycles. The Morgan fingerprint density at radius 1 is 1.11 bits per heavy atom. The van der Waals surface area contributed by atoms with Crippen LogP contribution in [0.5, 0.6) is 0 Å². The first-order valence-corrected chi connectivity index (χ1v) is 6.03. The van der Waals surface area contributed by atoms with Gasteiger partial charge in [-0.25, -0.2) is 4.79 Å². The number of nitrogens with one attached hydrogen (secondary N) is 1. The third kappa shape index (κ3) is 1.96. The van der Waals surface area contributed by atoms with Crippen LogP contribution in [0.2, 0.25) is 5.02 Å². The van der Waals surface area contributed by atoms with Gasteiger partial charge in [-0.05, 0) is 42.5 Å². The highest BCUT2D eigenvalue weighted by Crippen LogP contribution is 2.19. The van der Waals surface area contributed by atoms with Crippen molar-refractivity contribution in [2.45, 2.75) is 0 Å². The highest BCUT2D eigenvalue weighted by molar-refractivity contribution is 6.31. The molecule has 0 amide bonds. The minimum atomic E-state index is -0.240. The van der Waals surface area contributed by atoms with Crippen LogP contribution in [0.15, 0.2) is 47.3 Å². The first-order chi connectivity index (χ1) is 9.19. The number of nitrogens with zero attached hydrogens (tertiary/aromatic N) is 1. The van der Waals surface area contributed by atoms with Crippen LogP contribution in [-0.4, -0.2) is 15.8 Å². The summed E-state index contributed by atoms with van der Waals surface area (Å²) in [5.74, 6) is 0. The van der Waals surface area contributed by atoms with Gasteiger partial charge in [0.25, 0.3) is 0 Å². The lowest BCUT2D eigenvalue weighted by molar-refractivity contribution is 0.112. The van der Waals surface area contributed by atoms with E-state index in [0.29, 0.717) is 27.3 Å². The van der Waals surface area contributed by atoms with E-state index in [2.05, 4.69) is 4.98 Å². The van der Waals surface area contributed by atoms with E-state index < -0.39 is 0 Å². The molecule has 3 rings (SSSR count). The lowest BCUT2D eigenvalue weighted by Crippen LogP contribution is -2.14. The number of aromatic amines is 1. The fourth-order valence-electron chi connectivity index (χ4n) is 2.03. The fourth-order valence-corrected chi connectivity index (χ4v) is 2.20. The summed E-state index contributed by atoms with van der Waals surface area (Å²) in [5.41, 5.74) is 2.43. The highest BCUT2D eigenvalue weighted by atomic mass is 35.5. The number of carbonyl (C=O) groups is 1. The van der Waals surface area contributed by atoms with Crippen molar-refractivity contribution in [2.24, 2.45) is 0 Å². The molecule has 0 bridgehead atoms. The average Bonchev–Trinajstić information content (AvgIpc) is 2.74. The highest BCUT2D eigenvalue weighted by Gasteiger charge is 2.08. The van der Waals surface area contributed by atoms with Crippen molar-refractivity contribution < 1.29 is 4.79 Å². The molecule has 94 valence electrons. The predicted octanol–water partition coefficient (Wildman–Crippen LogP) is 2.78. The van der Waals surface area contributed by atoms with Gasteiger partial charge < -0.3 is 4.98 Å². The molecule has 2 aromatic carbocycles. The molecule has 0 aliphatic rings. The summed E-state index contributed by atoms with van der Waals surface area (Å²) in [6, 6.07) is 12.0. The Hall–Kier alpha value is -2.33. The largest absolute Gasteiger partial charge is 0.331 e. The van der Waals surface area contributed by atoms with Crippen LogP contribution in [0.3, 0.4) is 0 Å². The predicted molar refractivity (Wildman–Crippen MR) is 74.3 cm³/mol. The fraction of sp³-hybridized carbons (Fsp3) is 0. The summed E-state index contributed by atoms with van der Waals surface area (Å²) < 4.78 is 1.52. The monoisotopic (exact) mass is 272 g/mol. The molecular weight excluding hydrogens is 264 g/mol. The summed E-state index contributed by atoms with van der Waals surface area (Å²) in [6.07, 6.45) is 0.763. The normalized spacial score (nSPS) is 10.8. The molecule has 0 aliphatic carbocycles. The van der Waals surface area contributed by atoms with Crippen LogP contribution < -0.4 is 5.69 Å². The van der Waals surface area contributed by atoms with E-state index in [9.17, 15) is 9.59 Å². The number of hydrogen-bond donors (Lipinski definition) is 1. The quantitative estimate of drug-likeness (QED) is 0.729. The van der Waals surface area contributed by atoms with Crippen LogP contribution in [0.4, 0.5) is 0 Å². The van der Waals surface area contributed by atoms with Gasteiger partial charge in [0.05, 0.1) is 16.7 Å². The molecule has 1 aromatic heterocycles. The van der Waals surface area contributed by atoms with Gasteiger partial charge in [-0.2, -0.15) is 0 Å². The molecule has 19 heavy (non-hydrogen) atoms. The van der Waals surface area contributed by atoms with Crippen molar-refractivity contribution in [1.82, 2.24) is 9.55 Å². The molecule has 1 heterocycles. The molecule has 5 heteroatoms. The Morgan fingerprint density at radius 3 is 2.53 bits per heavy atom. The van der Waals surface area contributed by atoms with Crippen molar-refractivity contribution >= 4 is 28.9 Å². The minimum Gasteiger partial charge on any atom is -0.305 e. The van der Waals surface area contributed by atoms with Crippen molar-refractivity contribution in [3.8, 4) is 5.69 Å². The summed E-state index contributed by atoms with van der Waals surface area (Å²) in [4.78, 5) is 25.4. The number of aldehydes is 1. The van der Waals surface area contributed by atoms with Crippen molar-refractivity contribution in [3.05, 3.63) is 63.5 Å². The lowest BCUT2D eigenvalue weighted by Gasteiger charge is -2.03. The molecule has 0 fully saturated rings. The first-order valence-electron chi connectivity index (χ1n) is 5.65. The Morgan fingerprint density at radius 2 is 1.84 bits per heavy atom. The molecule has 0 unspecified atom stereocenters. The SMILES string of the molecule is O=Cc1ccc(-n2c(=O)[nH]c3ccc(Cl)cc32)cc1. The molecule has 0 atom stereocenters.